The van der Waals surface area contributed by atoms with Gasteiger partial charge in [-0.3, -0.25) is 0 Å². The van der Waals surface area contributed by atoms with Crippen molar-refractivity contribution in [1.29, 1.82) is 0 Å². The number of hydrogen-bond donors (Lipinski definition) is 1. The number of ether oxygens (including phenoxy) is 1. The van der Waals surface area contributed by atoms with Gasteiger partial charge in [0.15, 0.2) is 11.5 Å². The summed E-state index contributed by atoms with van der Waals surface area (Å²) < 4.78 is 8.18. The first-order chi connectivity index (χ1) is 10.2. The zero-order chi connectivity index (χ0) is 14.8. The second-order valence-corrected chi connectivity index (χ2v) is 4.82. The Balaban J connectivity index is 1.92. The summed E-state index contributed by atoms with van der Waals surface area (Å²) >= 11 is 1.46. The van der Waals surface area contributed by atoms with E-state index in [1.54, 1.807) is 35.3 Å². The number of hydrogen-bond acceptors (Lipinski definition) is 7. The zero-order valence-corrected chi connectivity index (χ0v) is 12.2. The molecular formula is C12H12N6O2S. The number of fused-ring (bicyclic) bond motifs is 1. The lowest BCUT2D eigenvalue weighted by atomic mass is 10.2. The number of nitrogens with zero attached hydrogens (tertiary/aromatic N) is 6. The van der Waals surface area contributed by atoms with Gasteiger partial charge in [-0.25, -0.2) is 0 Å². The number of benzene rings is 1. The van der Waals surface area contributed by atoms with E-state index in [4.69, 9.17) is 4.74 Å². The predicted octanol–water partition coefficient (Wildman–Crippen LogP) is 1.24. The van der Waals surface area contributed by atoms with Gasteiger partial charge in [0, 0.05) is 0 Å². The van der Waals surface area contributed by atoms with Crippen LogP contribution in [-0.2, 0) is 0 Å². The fourth-order valence-corrected chi connectivity index (χ4v) is 2.19. The van der Waals surface area contributed by atoms with Crippen molar-refractivity contribution in [2.45, 2.75) is 5.16 Å². The highest BCUT2D eigenvalue weighted by Gasteiger charge is 2.09. The Kier molecular flexibility index (Phi) is 3.48. The highest BCUT2D eigenvalue weighted by molar-refractivity contribution is 7.98. The number of aromatic nitrogens is 5. The van der Waals surface area contributed by atoms with Gasteiger partial charge in [-0.05, 0) is 30.0 Å². The Hall–Kier alpha value is -2.55. The van der Waals surface area contributed by atoms with Crippen LogP contribution in [-0.4, -0.2) is 49.2 Å². The highest BCUT2D eigenvalue weighted by Crippen LogP contribution is 2.25. The topological polar surface area (TPSA) is 89.8 Å². The Morgan fingerprint density at radius 2 is 2.24 bits per heavy atom. The van der Waals surface area contributed by atoms with Crippen molar-refractivity contribution in [3.05, 3.63) is 30.1 Å². The second-order valence-electron chi connectivity index (χ2n) is 4.05. The van der Waals surface area contributed by atoms with Gasteiger partial charge in [-0.15, -0.1) is 10.2 Å². The van der Waals surface area contributed by atoms with Gasteiger partial charge in [0.2, 0.25) is 5.16 Å². The van der Waals surface area contributed by atoms with Crippen LogP contribution >= 0.6 is 11.8 Å². The minimum Gasteiger partial charge on any atom is -0.504 e. The van der Waals surface area contributed by atoms with Crippen LogP contribution in [0.4, 0.5) is 0 Å². The molecule has 0 bridgehead atoms. The third-order valence-corrected chi connectivity index (χ3v) is 3.41. The molecule has 21 heavy (non-hydrogen) atoms. The van der Waals surface area contributed by atoms with E-state index in [1.807, 2.05) is 6.26 Å². The Morgan fingerprint density at radius 1 is 1.38 bits per heavy atom. The Bertz CT molecular complexity index is 809. The van der Waals surface area contributed by atoms with Gasteiger partial charge in [-0.1, -0.05) is 11.8 Å². The maximum atomic E-state index is 9.55. The van der Waals surface area contributed by atoms with Crippen LogP contribution < -0.4 is 4.74 Å². The molecule has 0 unspecified atom stereocenters. The SMILES string of the molecule is COc1cc(/C=N/n2cnn3c(SC)nnc23)ccc1O. The number of thioether (sulfide) groups is 1. The Morgan fingerprint density at radius 3 is 3.00 bits per heavy atom. The van der Waals surface area contributed by atoms with Gasteiger partial charge < -0.3 is 9.84 Å². The Labute approximate surface area is 124 Å². The lowest BCUT2D eigenvalue weighted by Crippen LogP contribution is -1.92. The summed E-state index contributed by atoms with van der Waals surface area (Å²) in [5, 5.41) is 26.7. The molecule has 0 aliphatic carbocycles. The normalized spacial score (nSPS) is 11.5. The molecule has 1 N–H and O–H groups in total. The third-order valence-electron chi connectivity index (χ3n) is 2.79. The summed E-state index contributed by atoms with van der Waals surface area (Å²) in [5.74, 6) is 1.00. The van der Waals surface area contributed by atoms with Crippen LogP contribution in [0, 0.1) is 0 Å². The monoisotopic (exact) mass is 304 g/mol. The van der Waals surface area contributed by atoms with Crippen molar-refractivity contribution in [2.24, 2.45) is 5.10 Å². The lowest BCUT2D eigenvalue weighted by Gasteiger charge is -2.03. The van der Waals surface area contributed by atoms with Crippen LogP contribution in [0.3, 0.4) is 0 Å². The molecule has 9 heteroatoms. The molecule has 0 radical (unpaired) electrons. The van der Waals surface area contributed by atoms with E-state index in [9.17, 15) is 5.11 Å². The number of rotatable bonds is 4. The zero-order valence-electron chi connectivity index (χ0n) is 11.3. The first-order valence-electron chi connectivity index (χ1n) is 5.97. The number of phenolic OH excluding ortho intramolecular Hbond substituents is 1. The van der Waals surface area contributed by atoms with Gasteiger partial charge in [0.25, 0.3) is 5.78 Å². The van der Waals surface area contributed by atoms with E-state index in [1.165, 1.54) is 23.5 Å². The van der Waals surface area contributed by atoms with E-state index in [2.05, 4.69) is 20.4 Å². The van der Waals surface area contributed by atoms with Crippen molar-refractivity contribution >= 4 is 23.8 Å². The van der Waals surface area contributed by atoms with Crippen molar-refractivity contribution < 1.29 is 9.84 Å². The first kappa shape index (κ1) is 13.4. The molecule has 2 heterocycles. The van der Waals surface area contributed by atoms with E-state index >= 15 is 0 Å². The standard InChI is InChI=1S/C12H12N6O2S/c1-20-10-5-8(3-4-9(10)19)6-13-17-7-14-18-11(17)15-16-12(18)21-2/h3-7,19H,1-2H3/b13-6+. The van der Waals surface area contributed by atoms with E-state index in [-0.39, 0.29) is 5.75 Å². The van der Waals surface area contributed by atoms with Gasteiger partial charge >= 0.3 is 0 Å². The van der Waals surface area contributed by atoms with Crippen molar-refractivity contribution in [1.82, 2.24) is 24.5 Å². The molecular weight excluding hydrogens is 292 g/mol. The molecule has 3 rings (SSSR count). The van der Waals surface area contributed by atoms with Crippen LogP contribution in [0.5, 0.6) is 11.5 Å². The van der Waals surface area contributed by atoms with E-state index in [0.717, 1.165) is 5.56 Å². The molecule has 0 saturated heterocycles. The minimum absolute atomic E-state index is 0.0849. The van der Waals surface area contributed by atoms with E-state index in [0.29, 0.717) is 16.7 Å². The summed E-state index contributed by atoms with van der Waals surface area (Å²) in [4.78, 5) is 0. The third kappa shape index (κ3) is 2.42. The van der Waals surface area contributed by atoms with Gasteiger partial charge in [0.1, 0.15) is 6.33 Å². The first-order valence-corrected chi connectivity index (χ1v) is 7.19. The molecule has 2 aromatic heterocycles. The molecule has 0 atom stereocenters. The van der Waals surface area contributed by atoms with Crippen LogP contribution in [0.2, 0.25) is 0 Å². The maximum Gasteiger partial charge on any atom is 0.275 e. The second kappa shape index (κ2) is 5.44. The minimum atomic E-state index is 0.0849. The summed E-state index contributed by atoms with van der Waals surface area (Å²) in [6.07, 6.45) is 5.08. The maximum absolute atomic E-state index is 9.55. The van der Waals surface area contributed by atoms with Crippen molar-refractivity contribution in [2.75, 3.05) is 13.4 Å². The molecule has 0 saturated carbocycles. The molecule has 3 aromatic rings. The molecule has 0 aliphatic rings. The van der Waals surface area contributed by atoms with Crippen LogP contribution in [0.1, 0.15) is 5.56 Å². The summed E-state index contributed by atoms with van der Waals surface area (Å²) in [6.45, 7) is 0. The summed E-state index contributed by atoms with van der Waals surface area (Å²) in [5.41, 5.74) is 0.779. The van der Waals surface area contributed by atoms with Crippen molar-refractivity contribution in [3.8, 4) is 11.5 Å². The fraction of sp³-hybridized carbons (Fsp3) is 0.167. The summed E-state index contributed by atoms with van der Waals surface area (Å²) in [6, 6.07) is 4.96. The molecule has 1 aromatic carbocycles. The smallest absolute Gasteiger partial charge is 0.275 e. The number of phenols is 1. The molecule has 108 valence electrons. The van der Waals surface area contributed by atoms with Crippen molar-refractivity contribution in [3.63, 3.8) is 0 Å². The number of methoxy groups -OCH3 is 1. The molecule has 0 spiro atoms. The van der Waals surface area contributed by atoms with Gasteiger partial charge in [-0.2, -0.15) is 19.4 Å². The molecule has 0 aliphatic heterocycles. The molecule has 8 nitrogen and oxygen atoms in total. The number of aromatic hydroxyl groups is 1. The van der Waals surface area contributed by atoms with E-state index < -0.39 is 0 Å². The molecule has 0 fully saturated rings. The lowest BCUT2D eigenvalue weighted by molar-refractivity contribution is 0.373. The largest absolute Gasteiger partial charge is 0.504 e. The predicted molar refractivity (Wildman–Crippen MR) is 78.2 cm³/mol. The highest BCUT2D eigenvalue weighted by atomic mass is 32.2. The van der Waals surface area contributed by atoms with Gasteiger partial charge in [0.05, 0.1) is 13.3 Å². The quantitative estimate of drug-likeness (QED) is 0.576. The fourth-order valence-electron chi connectivity index (χ4n) is 1.77. The molecule has 0 amide bonds. The average Bonchev–Trinajstić information content (AvgIpc) is 3.08. The summed E-state index contributed by atoms with van der Waals surface area (Å²) in [7, 11) is 1.50. The van der Waals surface area contributed by atoms with Crippen LogP contribution in [0.25, 0.3) is 5.78 Å². The average molecular weight is 304 g/mol. The van der Waals surface area contributed by atoms with Crippen LogP contribution in [0.15, 0.2) is 34.8 Å².